The molecule has 0 atom stereocenters. The lowest BCUT2D eigenvalue weighted by molar-refractivity contribution is -0.113. The van der Waals surface area contributed by atoms with Crippen LogP contribution in [0.25, 0.3) is 11.0 Å². The lowest BCUT2D eigenvalue weighted by atomic mass is 10.1. The number of amides is 1. The number of ether oxygens (including phenoxy) is 2. The van der Waals surface area contributed by atoms with E-state index in [2.05, 4.69) is 15.3 Å². The number of aromatic nitrogens is 3. The van der Waals surface area contributed by atoms with E-state index >= 15 is 0 Å². The third kappa shape index (κ3) is 5.65. The van der Waals surface area contributed by atoms with Crippen molar-refractivity contribution in [2.75, 3.05) is 25.3 Å². The number of carbonyl (C=O) groups is 1. The minimum atomic E-state index is -0.397. The van der Waals surface area contributed by atoms with Gasteiger partial charge in [0.25, 0.3) is 5.56 Å². The van der Waals surface area contributed by atoms with E-state index in [1.54, 1.807) is 56.2 Å². The molecule has 4 rings (SSSR count). The summed E-state index contributed by atoms with van der Waals surface area (Å²) in [5, 5.41) is 3.45. The third-order valence-electron chi connectivity index (χ3n) is 5.55. The Morgan fingerprint density at radius 2 is 1.92 bits per heavy atom. The molecule has 0 bridgehead atoms. The molecular formula is C26H25FN4O4S. The second-order valence-electron chi connectivity index (χ2n) is 7.97. The normalized spacial score (nSPS) is 10.9. The fraction of sp³-hybridized carbons (Fsp3) is 0.231. The molecule has 0 saturated heterocycles. The zero-order valence-corrected chi connectivity index (χ0v) is 20.9. The molecule has 4 aromatic rings. The van der Waals surface area contributed by atoms with Crippen LogP contribution in [-0.4, -0.2) is 40.4 Å². The second-order valence-corrected chi connectivity index (χ2v) is 8.91. The highest BCUT2D eigenvalue weighted by atomic mass is 32.2. The van der Waals surface area contributed by atoms with Crippen molar-refractivity contribution in [3.63, 3.8) is 0 Å². The number of rotatable bonds is 9. The summed E-state index contributed by atoms with van der Waals surface area (Å²) in [6, 6.07) is 13.5. The van der Waals surface area contributed by atoms with Gasteiger partial charge in [0.05, 0.1) is 25.4 Å². The first-order valence-electron chi connectivity index (χ1n) is 11.1. The van der Waals surface area contributed by atoms with E-state index in [9.17, 15) is 14.0 Å². The Morgan fingerprint density at radius 3 is 2.67 bits per heavy atom. The number of nitrogens with zero attached hydrogens (tertiary/aromatic N) is 3. The number of nitrogens with one attached hydrogen (secondary N) is 1. The quantitative estimate of drug-likeness (QED) is 0.267. The van der Waals surface area contributed by atoms with Crippen molar-refractivity contribution in [1.29, 1.82) is 0 Å². The maximum atomic E-state index is 13.8. The summed E-state index contributed by atoms with van der Waals surface area (Å²) in [5.74, 6) is 0.461. The lowest BCUT2D eigenvalue weighted by Gasteiger charge is -2.14. The van der Waals surface area contributed by atoms with E-state index in [0.29, 0.717) is 51.9 Å². The Labute approximate surface area is 211 Å². The van der Waals surface area contributed by atoms with Gasteiger partial charge in [-0.05, 0) is 60.9 Å². The van der Waals surface area contributed by atoms with E-state index in [-0.39, 0.29) is 17.2 Å². The number of methoxy groups -OCH3 is 2. The van der Waals surface area contributed by atoms with Crippen molar-refractivity contribution in [3.8, 4) is 11.5 Å². The van der Waals surface area contributed by atoms with Crippen molar-refractivity contribution in [3.05, 3.63) is 82.0 Å². The SMILES string of the molecule is COc1ccc(CCn2c(SCC(=O)Nc3ccc(C)c(F)c3)nc3ncccc3c2=O)cc1OC. The molecule has 0 saturated carbocycles. The fourth-order valence-electron chi connectivity index (χ4n) is 3.62. The van der Waals surface area contributed by atoms with Gasteiger partial charge >= 0.3 is 0 Å². The zero-order chi connectivity index (χ0) is 25.7. The van der Waals surface area contributed by atoms with Gasteiger partial charge in [-0.2, -0.15) is 0 Å². The van der Waals surface area contributed by atoms with Gasteiger partial charge in [0.15, 0.2) is 22.3 Å². The van der Waals surface area contributed by atoms with Gasteiger partial charge < -0.3 is 14.8 Å². The number of pyridine rings is 1. The first kappa shape index (κ1) is 25.2. The molecule has 0 spiro atoms. The van der Waals surface area contributed by atoms with Crippen LogP contribution in [0, 0.1) is 12.7 Å². The van der Waals surface area contributed by atoms with Crippen LogP contribution in [-0.2, 0) is 17.8 Å². The number of aryl methyl sites for hydroxylation is 2. The Kier molecular flexibility index (Phi) is 7.84. The average molecular weight is 509 g/mol. The molecule has 1 N–H and O–H groups in total. The maximum absolute atomic E-state index is 13.8. The van der Waals surface area contributed by atoms with Gasteiger partial charge in [-0.25, -0.2) is 14.4 Å². The Morgan fingerprint density at radius 1 is 1.11 bits per heavy atom. The summed E-state index contributed by atoms with van der Waals surface area (Å²) in [6.45, 7) is 1.98. The van der Waals surface area contributed by atoms with Crippen molar-refractivity contribution in [2.45, 2.75) is 25.0 Å². The number of carbonyl (C=O) groups excluding carboxylic acids is 1. The minimum Gasteiger partial charge on any atom is -0.493 e. The molecule has 0 aliphatic heterocycles. The van der Waals surface area contributed by atoms with Crippen molar-refractivity contribution in [1.82, 2.24) is 14.5 Å². The highest BCUT2D eigenvalue weighted by molar-refractivity contribution is 7.99. The largest absolute Gasteiger partial charge is 0.493 e. The van der Waals surface area contributed by atoms with Crippen LogP contribution in [0.5, 0.6) is 11.5 Å². The molecule has 2 aromatic carbocycles. The molecule has 0 aliphatic rings. The van der Waals surface area contributed by atoms with Crippen LogP contribution in [0.3, 0.4) is 0 Å². The molecule has 1 amide bonds. The molecule has 36 heavy (non-hydrogen) atoms. The lowest BCUT2D eigenvalue weighted by Crippen LogP contribution is -2.25. The first-order chi connectivity index (χ1) is 17.4. The Bertz CT molecular complexity index is 1470. The molecule has 2 aromatic heterocycles. The summed E-state index contributed by atoms with van der Waals surface area (Å²) in [7, 11) is 3.14. The predicted octanol–water partition coefficient (Wildman–Crippen LogP) is 4.23. The fourth-order valence-corrected chi connectivity index (χ4v) is 4.43. The monoisotopic (exact) mass is 508 g/mol. The number of halogens is 1. The van der Waals surface area contributed by atoms with Crippen LogP contribution >= 0.6 is 11.8 Å². The van der Waals surface area contributed by atoms with Crippen molar-refractivity contribution in [2.24, 2.45) is 0 Å². The molecule has 186 valence electrons. The summed E-state index contributed by atoms with van der Waals surface area (Å²) >= 11 is 1.12. The van der Waals surface area contributed by atoms with Gasteiger partial charge in [0.1, 0.15) is 5.82 Å². The Balaban J connectivity index is 1.56. The van der Waals surface area contributed by atoms with E-state index in [1.807, 2.05) is 18.2 Å². The smallest absolute Gasteiger partial charge is 0.263 e. The van der Waals surface area contributed by atoms with E-state index < -0.39 is 5.82 Å². The molecule has 0 fully saturated rings. The number of hydrogen-bond donors (Lipinski definition) is 1. The molecule has 0 radical (unpaired) electrons. The van der Waals surface area contributed by atoms with Crippen LogP contribution in [0.4, 0.5) is 10.1 Å². The molecular weight excluding hydrogens is 483 g/mol. The number of thioether (sulfide) groups is 1. The molecule has 0 aliphatic carbocycles. The van der Waals surface area contributed by atoms with Gasteiger partial charge in [0.2, 0.25) is 5.91 Å². The molecule has 2 heterocycles. The Hall–Kier alpha value is -3.92. The van der Waals surface area contributed by atoms with E-state index in [0.717, 1.165) is 17.3 Å². The number of fused-ring (bicyclic) bond motifs is 1. The molecule has 0 unspecified atom stereocenters. The third-order valence-corrected chi connectivity index (χ3v) is 6.53. The predicted molar refractivity (Wildman–Crippen MR) is 138 cm³/mol. The highest BCUT2D eigenvalue weighted by Crippen LogP contribution is 2.28. The standard InChI is InChI=1S/C26H25FN4O4S/c1-16-6-8-18(14-20(16)27)29-23(32)15-36-26-30-24-19(5-4-11-28-24)25(33)31(26)12-10-17-7-9-21(34-2)22(13-17)35-3/h4-9,11,13-14H,10,12,15H2,1-3H3,(H,29,32). The summed E-state index contributed by atoms with van der Waals surface area (Å²) in [5.41, 5.74) is 1.88. The van der Waals surface area contributed by atoms with Gasteiger partial charge in [-0.1, -0.05) is 23.9 Å². The zero-order valence-electron chi connectivity index (χ0n) is 20.1. The topological polar surface area (TPSA) is 95.3 Å². The van der Waals surface area contributed by atoms with E-state index in [4.69, 9.17) is 9.47 Å². The summed E-state index contributed by atoms with van der Waals surface area (Å²) in [4.78, 5) is 34.6. The number of benzene rings is 2. The van der Waals surface area contributed by atoms with Crippen LogP contribution in [0.1, 0.15) is 11.1 Å². The van der Waals surface area contributed by atoms with Gasteiger partial charge in [0, 0.05) is 18.4 Å². The van der Waals surface area contributed by atoms with Crippen molar-refractivity contribution >= 4 is 34.4 Å². The number of anilines is 1. The second kappa shape index (κ2) is 11.2. The van der Waals surface area contributed by atoms with Crippen molar-refractivity contribution < 1.29 is 18.7 Å². The molecule has 10 heteroatoms. The van der Waals surface area contributed by atoms with Gasteiger partial charge in [-0.3, -0.25) is 14.2 Å². The van der Waals surface area contributed by atoms with Crippen LogP contribution < -0.4 is 20.3 Å². The molecule has 8 nitrogen and oxygen atoms in total. The highest BCUT2D eigenvalue weighted by Gasteiger charge is 2.15. The van der Waals surface area contributed by atoms with Gasteiger partial charge in [-0.15, -0.1) is 0 Å². The first-order valence-corrected chi connectivity index (χ1v) is 12.1. The average Bonchev–Trinajstić information content (AvgIpc) is 2.89. The summed E-state index contributed by atoms with van der Waals surface area (Å²) in [6.07, 6.45) is 2.09. The minimum absolute atomic E-state index is 0.0172. The van der Waals surface area contributed by atoms with E-state index in [1.165, 1.54) is 6.07 Å². The van der Waals surface area contributed by atoms with Crippen LogP contribution in [0.15, 0.2) is 64.7 Å². The summed E-state index contributed by atoms with van der Waals surface area (Å²) < 4.78 is 26.0. The van der Waals surface area contributed by atoms with Crippen LogP contribution in [0.2, 0.25) is 0 Å². The maximum Gasteiger partial charge on any atom is 0.263 e. The number of hydrogen-bond acceptors (Lipinski definition) is 7.